The van der Waals surface area contributed by atoms with Crippen LogP contribution in [0.3, 0.4) is 0 Å². The predicted octanol–water partition coefficient (Wildman–Crippen LogP) is 5.61. The van der Waals surface area contributed by atoms with Gasteiger partial charge in [0.05, 0.1) is 0 Å². The molecule has 2 aromatic rings. The lowest BCUT2D eigenvalue weighted by molar-refractivity contribution is 0.101. The second-order valence-electron chi connectivity index (χ2n) is 9.48. The molecule has 0 spiro atoms. The Balaban J connectivity index is 0.000000384. The number of nitriles is 1. The van der Waals surface area contributed by atoms with E-state index in [2.05, 4.69) is 66.8 Å². The Kier molecular flexibility index (Phi) is 13.9. The number of anilines is 1. The minimum absolute atomic E-state index is 0.0398. The lowest BCUT2D eigenvalue weighted by Gasteiger charge is -2.21. The molecule has 7 nitrogen and oxygen atoms in total. The number of ketones is 1. The highest BCUT2D eigenvalue weighted by Crippen LogP contribution is 2.29. The lowest BCUT2D eigenvalue weighted by atomic mass is 10.1. The van der Waals surface area contributed by atoms with E-state index >= 15 is 0 Å². The number of fused-ring (bicyclic) bond motifs is 1. The van der Waals surface area contributed by atoms with Gasteiger partial charge in [0.1, 0.15) is 30.2 Å². The summed E-state index contributed by atoms with van der Waals surface area (Å²) in [6, 6.07) is 11.8. The van der Waals surface area contributed by atoms with Crippen LogP contribution in [0.25, 0.3) is 0 Å². The van der Waals surface area contributed by atoms with Gasteiger partial charge in [-0.05, 0) is 57.4 Å². The Morgan fingerprint density at radius 3 is 2.63 bits per heavy atom. The van der Waals surface area contributed by atoms with Crippen molar-refractivity contribution in [2.75, 3.05) is 18.5 Å². The summed E-state index contributed by atoms with van der Waals surface area (Å²) in [6.45, 7) is 8.86. The monoisotopic (exact) mass is 518 g/mol. The van der Waals surface area contributed by atoms with E-state index in [0.29, 0.717) is 30.5 Å². The van der Waals surface area contributed by atoms with Crippen molar-refractivity contribution < 1.29 is 14.6 Å². The van der Waals surface area contributed by atoms with Crippen molar-refractivity contribution in [1.82, 2.24) is 10.3 Å². The number of nitrogens with one attached hydrogen (secondary N) is 2. The van der Waals surface area contributed by atoms with Crippen LogP contribution in [0, 0.1) is 11.3 Å². The van der Waals surface area contributed by atoms with Crippen molar-refractivity contribution >= 4 is 11.5 Å². The Bertz CT molecular complexity index is 1080. The normalized spacial score (nSPS) is 16.7. The lowest BCUT2D eigenvalue weighted by Crippen LogP contribution is -2.38. The van der Waals surface area contributed by atoms with Crippen LogP contribution in [-0.2, 0) is 6.42 Å². The van der Waals surface area contributed by atoms with Crippen molar-refractivity contribution in [3.05, 3.63) is 77.7 Å². The number of Topliss-reactive ketones (excluding diaryl/α,β-unsaturated/α-hetero) is 1. The van der Waals surface area contributed by atoms with Gasteiger partial charge in [-0.1, -0.05) is 57.1 Å². The molecule has 2 unspecified atom stereocenters. The number of hydrogen-bond donors (Lipinski definition) is 3. The van der Waals surface area contributed by atoms with Gasteiger partial charge >= 0.3 is 0 Å². The van der Waals surface area contributed by atoms with E-state index < -0.39 is 6.10 Å². The molecule has 0 radical (unpaired) electrons. The summed E-state index contributed by atoms with van der Waals surface area (Å²) in [6.07, 6.45) is 14.7. The van der Waals surface area contributed by atoms with Crippen molar-refractivity contribution in [1.29, 1.82) is 5.26 Å². The Hall–Kier alpha value is -3.47. The third-order valence-electron chi connectivity index (χ3n) is 6.12. The molecule has 3 N–H and O–H groups in total. The molecule has 1 aliphatic rings. The Morgan fingerprint density at radius 2 is 2.00 bits per heavy atom. The highest BCUT2D eigenvalue weighted by molar-refractivity contribution is 5.93. The second kappa shape index (κ2) is 17.1. The molecule has 1 aromatic heterocycles. The molecule has 0 amide bonds. The first-order chi connectivity index (χ1) is 18.4. The number of nitrogens with zero attached hydrogens (tertiary/aromatic N) is 2. The highest BCUT2D eigenvalue weighted by atomic mass is 16.5. The van der Waals surface area contributed by atoms with Gasteiger partial charge in [0.2, 0.25) is 0 Å². The van der Waals surface area contributed by atoms with Gasteiger partial charge < -0.3 is 20.5 Å². The van der Waals surface area contributed by atoms with Crippen LogP contribution in [0.4, 0.5) is 5.69 Å². The van der Waals surface area contributed by atoms with Crippen molar-refractivity contribution in [3.63, 3.8) is 0 Å². The molecule has 0 bridgehead atoms. The van der Waals surface area contributed by atoms with E-state index in [4.69, 9.17) is 10.00 Å². The summed E-state index contributed by atoms with van der Waals surface area (Å²) >= 11 is 0. The molecule has 38 heavy (non-hydrogen) atoms. The number of aliphatic hydroxyl groups excluding tert-OH is 1. The maximum absolute atomic E-state index is 10.7. The van der Waals surface area contributed by atoms with Crippen molar-refractivity contribution in [3.8, 4) is 11.8 Å². The number of aliphatic hydroxyl groups is 1. The average molecular weight is 519 g/mol. The summed E-state index contributed by atoms with van der Waals surface area (Å²) in [5.74, 6) is 0.804. The van der Waals surface area contributed by atoms with Crippen LogP contribution in [0.2, 0.25) is 0 Å². The first kappa shape index (κ1) is 30.8. The van der Waals surface area contributed by atoms with Crippen LogP contribution in [0.15, 0.2) is 60.8 Å². The molecule has 2 heterocycles. The third kappa shape index (κ3) is 10.9. The van der Waals surface area contributed by atoms with E-state index in [-0.39, 0.29) is 11.8 Å². The zero-order valence-corrected chi connectivity index (χ0v) is 23.1. The fourth-order valence-corrected chi connectivity index (χ4v) is 4.10. The maximum Gasteiger partial charge on any atom is 0.161 e. The quantitative estimate of drug-likeness (QED) is 0.332. The molecule has 0 aliphatic carbocycles. The van der Waals surface area contributed by atoms with Gasteiger partial charge in [0, 0.05) is 41.6 Å². The number of carbonyl (C=O) groups excluding carboxylic acids is 1. The third-order valence-corrected chi connectivity index (χ3v) is 6.12. The smallest absolute Gasteiger partial charge is 0.161 e. The van der Waals surface area contributed by atoms with Gasteiger partial charge in [0.25, 0.3) is 0 Å². The number of rotatable bonds is 11. The molecule has 1 aromatic carbocycles. The van der Waals surface area contributed by atoms with Crippen LogP contribution < -0.4 is 15.4 Å². The molecule has 0 saturated heterocycles. The van der Waals surface area contributed by atoms with Gasteiger partial charge in [-0.3, -0.25) is 4.79 Å². The first-order valence-corrected chi connectivity index (χ1v) is 13.5. The summed E-state index contributed by atoms with van der Waals surface area (Å²) in [7, 11) is 0. The van der Waals surface area contributed by atoms with E-state index in [1.165, 1.54) is 19.2 Å². The molecule has 7 heteroatoms. The highest BCUT2D eigenvalue weighted by Gasteiger charge is 2.14. The summed E-state index contributed by atoms with van der Waals surface area (Å²) in [5.41, 5.74) is 3.09. The number of carbonyl (C=O) groups is 1. The first-order valence-electron chi connectivity index (χ1n) is 13.5. The number of allylic oxidation sites excluding steroid dienone is 3. The topological polar surface area (TPSA) is 107 Å². The van der Waals surface area contributed by atoms with E-state index in [0.717, 1.165) is 49.1 Å². The van der Waals surface area contributed by atoms with Gasteiger partial charge in [-0.25, -0.2) is 4.98 Å². The zero-order valence-electron chi connectivity index (χ0n) is 23.1. The predicted molar refractivity (Wildman–Crippen MR) is 154 cm³/mol. The van der Waals surface area contributed by atoms with Crippen LogP contribution in [0.1, 0.15) is 75.0 Å². The number of benzene rings is 1. The fourth-order valence-electron chi connectivity index (χ4n) is 4.10. The molecular formula is C31H42N4O3. The van der Waals surface area contributed by atoms with E-state index in [1.54, 1.807) is 6.07 Å². The number of pyridine rings is 1. The average Bonchev–Trinajstić information content (AvgIpc) is 3.01. The van der Waals surface area contributed by atoms with Gasteiger partial charge in [-0.2, -0.15) is 5.26 Å². The summed E-state index contributed by atoms with van der Waals surface area (Å²) in [5, 5.41) is 25.7. The maximum atomic E-state index is 10.7. The zero-order chi connectivity index (χ0) is 27.8. The molecular weight excluding hydrogens is 476 g/mol. The van der Waals surface area contributed by atoms with Crippen LogP contribution >= 0.6 is 0 Å². The Morgan fingerprint density at radius 1 is 1.24 bits per heavy atom. The SMILES string of the molecule is CC(=O)c1ccc(C#N)nc1.CCCC(CCC)NCC(O)COc1cccc2c1C/C=C\C=C/C(C)N2. The van der Waals surface area contributed by atoms with Crippen LogP contribution in [-0.4, -0.2) is 47.2 Å². The largest absolute Gasteiger partial charge is 0.490 e. The number of aromatic nitrogens is 1. The van der Waals surface area contributed by atoms with Crippen molar-refractivity contribution in [2.24, 2.45) is 0 Å². The molecule has 204 valence electrons. The minimum atomic E-state index is -0.516. The number of hydrogen-bond acceptors (Lipinski definition) is 7. The minimum Gasteiger partial charge on any atom is -0.490 e. The summed E-state index contributed by atoms with van der Waals surface area (Å²) in [4.78, 5) is 14.5. The fraction of sp³-hybridized carbons (Fsp3) is 0.452. The summed E-state index contributed by atoms with van der Waals surface area (Å²) < 4.78 is 6.01. The Labute approximate surface area is 227 Å². The van der Waals surface area contributed by atoms with E-state index in [1.807, 2.05) is 18.2 Å². The molecule has 2 atom stereocenters. The van der Waals surface area contributed by atoms with Crippen molar-refractivity contribution in [2.45, 2.75) is 78.0 Å². The van der Waals surface area contributed by atoms with E-state index in [9.17, 15) is 9.90 Å². The van der Waals surface area contributed by atoms with Gasteiger partial charge in [-0.15, -0.1) is 0 Å². The standard InChI is InChI=1S/C23H36N2O2.C8H6N2O/c1-4-10-19(11-5-2)24-16-20(26)17-27-23-15-9-14-22-21(23)13-8-6-7-12-18(3)25-22;1-6(11)7-2-3-8(4-9)10-5-7/h6-9,12,14-15,18-20,24-26H,4-5,10-11,13,16-17H2,1-3H3;2-3,5H,1H3/b8-6-,12-7-;. The molecule has 0 saturated carbocycles. The molecule has 0 fully saturated rings. The second-order valence-corrected chi connectivity index (χ2v) is 9.48. The molecule has 1 aliphatic heterocycles. The number of ether oxygens (including phenoxy) is 1. The van der Waals surface area contributed by atoms with Crippen LogP contribution in [0.5, 0.6) is 5.75 Å². The van der Waals surface area contributed by atoms with Gasteiger partial charge in [0.15, 0.2) is 5.78 Å². The molecule has 3 rings (SSSR count).